The summed E-state index contributed by atoms with van der Waals surface area (Å²) in [6.45, 7) is 2.02. The highest BCUT2D eigenvalue weighted by molar-refractivity contribution is 7.80. The predicted molar refractivity (Wildman–Crippen MR) is 86.2 cm³/mol. The van der Waals surface area contributed by atoms with E-state index in [9.17, 15) is 8.42 Å². The Hall–Kier alpha value is -1.93. The molecule has 7 heteroatoms. The molecule has 0 saturated heterocycles. The maximum atomic E-state index is 11.1. The van der Waals surface area contributed by atoms with E-state index in [1.165, 1.54) is 0 Å². The molecule has 0 amide bonds. The Morgan fingerprint density at radius 1 is 1.09 bits per heavy atom. The molecule has 0 aliphatic heterocycles. The van der Waals surface area contributed by atoms with E-state index >= 15 is 0 Å². The number of hydrogen-bond donors (Lipinski definition) is 2. The third-order valence-electron chi connectivity index (χ3n) is 3.34. The monoisotopic (exact) mass is 337 g/mol. The lowest BCUT2D eigenvalue weighted by molar-refractivity contribution is 0.0424. The third kappa shape index (κ3) is 5.04. The van der Waals surface area contributed by atoms with Crippen LogP contribution in [0.25, 0.3) is 0 Å². The maximum absolute atomic E-state index is 11.1. The van der Waals surface area contributed by atoms with Gasteiger partial charge in [0, 0.05) is 6.42 Å². The number of ether oxygens (including phenoxy) is 1. The summed E-state index contributed by atoms with van der Waals surface area (Å²) in [6, 6.07) is 15.8. The van der Waals surface area contributed by atoms with Crippen LogP contribution in [0.5, 0.6) is 5.75 Å². The van der Waals surface area contributed by atoms with Gasteiger partial charge in [-0.2, -0.15) is 8.42 Å². The van der Waals surface area contributed by atoms with Crippen LogP contribution in [-0.2, 0) is 20.3 Å². The molecule has 0 bridgehead atoms. The molecule has 2 aromatic carbocycles. The van der Waals surface area contributed by atoms with Gasteiger partial charge < -0.3 is 4.74 Å². The summed E-state index contributed by atoms with van der Waals surface area (Å²) in [5.74, 6) is 0.676. The van der Waals surface area contributed by atoms with Crippen LogP contribution in [0.3, 0.4) is 0 Å². The van der Waals surface area contributed by atoms with Gasteiger partial charge in [0.1, 0.15) is 5.75 Å². The first kappa shape index (κ1) is 17.4. The molecule has 0 heterocycles. The fraction of sp³-hybridized carbons (Fsp3) is 0.250. The summed E-state index contributed by atoms with van der Waals surface area (Å²) in [4.78, 5) is 0. The molecule has 2 rings (SSSR count). The second-order valence-electron chi connectivity index (χ2n) is 5.13. The van der Waals surface area contributed by atoms with E-state index < -0.39 is 16.1 Å². The molecule has 2 aromatic rings. The number of aryl methyl sites for hydroxylation is 1. The molecule has 0 radical (unpaired) electrons. The number of para-hydroxylation sites is 1. The van der Waals surface area contributed by atoms with E-state index in [1.54, 1.807) is 36.4 Å². The van der Waals surface area contributed by atoms with Crippen molar-refractivity contribution in [1.29, 1.82) is 0 Å². The molecule has 23 heavy (non-hydrogen) atoms. The van der Waals surface area contributed by atoms with Crippen molar-refractivity contribution in [1.82, 2.24) is 0 Å². The zero-order valence-corrected chi connectivity index (χ0v) is 13.5. The fourth-order valence-corrected chi connectivity index (χ4v) is 2.73. The van der Waals surface area contributed by atoms with Gasteiger partial charge >= 0.3 is 10.4 Å². The molecule has 0 fully saturated rings. The highest BCUT2D eigenvalue weighted by Crippen LogP contribution is 2.26. The minimum absolute atomic E-state index is 0.0329. The highest BCUT2D eigenvalue weighted by atomic mass is 32.3. The fourth-order valence-electron chi connectivity index (χ4n) is 2.17. The summed E-state index contributed by atoms with van der Waals surface area (Å²) in [7, 11) is -4.71. The Kier molecular flexibility index (Phi) is 5.38. The molecule has 0 aliphatic rings. The van der Waals surface area contributed by atoms with Crippen molar-refractivity contribution in [3.05, 3.63) is 65.7 Å². The Bertz CT molecular complexity index is 748. The van der Waals surface area contributed by atoms with Gasteiger partial charge in [0.15, 0.2) is 5.72 Å². The van der Waals surface area contributed by atoms with Crippen molar-refractivity contribution in [3.8, 4) is 5.75 Å². The summed E-state index contributed by atoms with van der Waals surface area (Å²) >= 11 is 0. The second-order valence-corrected chi connectivity index (χ2v) is 6.15. The van der Waals surface area contributed by atoms with Crippen LogP contribution in [0, 0.1) is 6.92 Å². The van der Waals surface area contributed by atoms with Gasteiger partial charge in [-0.15, -0.1) is 0 Å². The SMILES string of the molecule is Cc1ccccc1OCCC(N)(OS(=O)(=O)O)c1ccccc1. The standard InChI is InChI=1S/C16H19NO5S/c1-13-7-5-6-10-15(13)21-12-11-16(17,22-23(18,19)20)14-8-3-2-4-9-14/h2-10H,11-12,17H2,1H3,(H,18,19,20). The smallest absolute Gasteiger partial charge is 0.399 e. The lowest BCUT2D eigenvalue weighted by atomic mass is 10.0. The number of hydrogen-bond acceptors (Lipinski definition) is 5. The Morgan fingerprint density at radius 3 is 2.30 bits per heavy atom. The van der Waals surface area contributed by atoms with Gasteiger partial charge in [-0.25, -0.2) is 4.18 Å². The minimum Gasteiger partial charge on any atom is -0.493 e. The van der Waals surface area contributed by atoms with Gasteiger partial charge in [-0.1, -0.05) is 48.5 Å². The first-order chi connectivity index (χ1) is 10.8. The molecule has 6 nitrogen and oxygen atoms in total. The largest absolute Gasteiger partial charge is 0.493 e. The molecule has 0 saturated carbocycles. The van der Waals surface area contributed by atoms with Gasteiger partial charge in [0.2, 0.25) is 0 Å². The zero-order chi connectivity index (χ0) is 16.9. The summed E-state index contributed by atoms with van der Waals surface area (Å²) < 4.78 is 41.6. The van der Waals surface area contributed by atoms with Gasteiger partial charge in [0.25, 0.3) is 0 Å². The molecule has 3 N–H and O–H groups in total. The van der Waals surface area contributed by atoms with Crippen LogP contribution >= 0.6 is 0 Å². The zero-order valence-electron chi connectivity index (χ0n) is 12.7. The van der Waals surface area contributed by atoms with Crippen LogP contribution in [0.2, 0.25) is 0 Å². The van der Waals surface area contributed by atoms with Crippen molar-refractivity contribution in [2.45, 2.75) is 19.1 Å². The average molecular weight is 337 g/mol. The van der Waals surface area contributed by atoms with Crippen molar-refractivity contribution >= 4 is 10.4 Å². The van der Waals surface area contributed by atoms with E-state index in [2.05, 4.69) is 0 Å². The van der Waals surface area contributed by atoms with Gasteiger partial charge in [0.05, 0.1) is 6.61 Å². The van der Waals surface area contributed by atoms with E-state index in [0.29, 0.717) is 11.3 Å². The Morgan fingerprint density at radius 2 is 1.70 bits per heavy atom. The predicted octanol–water partition coefficient (Wildman–Crippen LogP) is 2.40. The maximum Gasteiger partial charge on any atom is 0.399 e. The topological polar surface area (TPSA) is 98.9 Å². The van der Waals surface area contributed by atoms with Crippen LogP contribution in [-0.4, -0.2) is 19.6 Å². The van der Waals surface area contributed by atoms with Crippen LogP contribution in [0.4, 0.5) is 0 Å². The van der Waals surface area contributed by atoms with E-state index in [4.69, 9.17) is 19.2 Å². The quantitative estimate of drug-likeness (QED) is 0.594. The first-order valence-corrected chi connectivity index (χ1v) is 8.37. The van der Waals surface area contributed by atoms with Crippen LogP contribution in [0.1, 0.15) is 17.5 Å². The normalized spacial score (nSPS) is 14.2. The van der Waals surface area contributed by atoms with Gasteiger partial charge in [-0.05, 0) is 24.1 Å². The molecular formula is C16H19NO5S. The molecule has 1 atom stereocenters. The van der Waals surface area contributed by atoms with Crippen molar-refractivity contribution in [3.63, 3.8) is 0 Å². The molecule has 0 aromatic heterocycles. The van der Waals surface area contributed by atoms with E-state index in [0.717, 1.165) is 5.56 Å². The molecule has 0 aliphatic carbocycles. The number of rotatable bonds is 7. The number of nitrogens with two attached hydrogens (primary N) is 1. The second kappa shape index (κ2) is 7.10. The molecule has 1 unspecified atom stereocenters. The first-order valence-electron chi connectivity index (χ1n) is 7.01. The van der Waals surface area contributed by atoms with E-state index in [1.807, 2.05) is 25.1 Å². The van der Waals surface area contributed by atoms with Crippen molar-refractivity contribution < 1.29 is 21.9 Å². The third-order valence-corrected chi connectivity index (χ3v) is 3.85. The van der Waals surface area contributed by atoms with Crippen molar-refractivity contribution in [2.75, 3.05) is 6.61 Å². The van der Waals surface area contributed by atoms with Gasteiger partial charge in [-0.3, -0.25) is 10.3 Å². The summed E-state index contributed by atoms with van der Waals surface area (Å²) in [5, 5.41) is 0. The molecular weight excluding hydrogens is 318 g/mol. The van der Waals surface area contributed by atoms with E-state index in [-0.39, 0.29) is 13.0 Å². The van der Waals surface area contributed by atoms with Crippen molar-refractivity contribution in [2.24, 2.45) is 5.73 Å². The summed E-state index contributed by atoms with van der Waals surface area (Å²) in [5.41, 5.74) is 5.73. The average Bonchev–Trinajstić information content (AvgIpc) is 2.48. The molecule has 0 spiro atoms. The van der Waals surface area contributed by atoms with Crippen LogP contribution < -0.4 is 10.5 Å². The highest BCUT2D eigenvalue weighted by Gasteiger charge is 2.33. The molecule has 124 valence electrons. The lowest BCUT2D eigenvalue weighted by Crippen LogP contribution is -2.42. The van der Waals surface area contributed by atoms with Crippen LogP contribution in [0.15, 0.2) is 54.6 Å². The number of benzene rings is 2. The Labute approximate surface area is 135 Å². The minimum atomic E-state index is -4.71. The Balaban J connectivity index is 2.14. The summed E-state index contributed by atoms with van der Waals surface area (Å²) in [6.07, 6.45) is 0.0329. The lowest BCUT2D eigenvalue weighted by Gasteiger charge is -2.28.